The fourth-order valence-corrected chi connectivity index (χ4v) is 3.52. The van der Waals surface area contributed by atoms with Gasteiger partial charge in [0.05, 0.1) is 19.2 Å². The van der Waals surface area contributed by atoms with Crippen LogP contribution in [0.15, 0.2) is 48.5 Å². The third kappa shape index (κ3) is 2.98. The summed E-state index contributed by atoms with van der Waals surface area (Å²) in [5, 5.41) is 7.87. The van der Waals surface area contributed by atoms with E-state index in [0.717, 1.165) is 24.2 Å². The summed E-state index contributed by atoms with van der Waals surface area (Å²) in [5.41, 5.74) is 9.57. The fraction of sp³-hybridized carbons (Fsp3) is 0.300. The number of benzene rings is 2. The predicted octanol–water partition coefficient (Wildman–Crippen LogP) is 3.58. The molecule has 26 heavy (non-hydrogen) atoms. The zero-order valence-electron chi connectivity index (χ0n) is 15.0. The van der Waals surface area contributed by atoms with E-state index in [-0.39, 0.29) is 18.0 Å². The van der Waals surface area contributed by atoms with Crippen molar-refractivity contribution in [2.45, 2.75) is 31.8 Å². The van der Waals surface area contributed by atoms with Crippen LogP contribution in [0.4, 0.5) is 11.9 Å². The molecule has 3 aromatic rings. The molecule has 2 atom stereocenters. The first-order valence-electron chi connectivity index (χ1n) is 8.89. The van der Waals surface area contributed by atoms with E-state index in [1.54, 1.807) is 7.11 Å². The quantitative estimate of drug-likeness (QED) is 0.753. The second-order valence-electron chi connectivity index (χ2n) is 6.56. The van der Waals surface area contributed by atoms with Crippen molar-refractivity contribution in [3.8, 4) is 5.75 Å². The molecule has 0 bridgehead atoms. The molecule has 0 saturated heterocycles. The fourth-order valence-electron chi connectivity index (χ4n) is 3.52. The third-order valence-corrected chi connectivity index (χ3v) is 4.97. The highest BCUT2D eigenvalue weighted by atomic mass is 16.5. The lowest BCUT2D eigenvalue weighted by molar-refractivity contribution is 0.410. The number of anilines is 2. The number of aryl methyl sites for hydroxylation is 1. The summed E-state index contributed by atoms with van der Waals surface area (Å²) >= 11 is 0. The molecule has 2 heterocycles. The van der Waals surface area contributed by atoms with Gasteiger partial charge >= 0.3 is 0 Å². The predicted molar refractivity (Wildman–Crippen MR) is 102 cm³/mol. The first kappa shape index (κ1) is 16.4. The Kier molecular flexibility index (Phi) is 4.24. The van der Waals surface area contributed by atoms with Crippen LogP contribution in [0.3, 0.4) is 0 Å². The zero-order valence-corrected chi connectivity index (χ0v) is 15.0. The Balaban J connectivity index is 1.72. The SMILES string of the molecule is CCc1ccc([C@@H]2C[C@H](c3cccc(OC)c3)Nc3nc(N)nn32)cc1. The van der Waals surface area contributed by atoms with E-state index in [9.17, 15) is 0 Å². The Morgan fingerprint density at radius 1 is 1.19 bits per heavy atom. The Hall–Kier alpha value is -3.02. The Morgan fingerprint density at radius 3 is 2.73 bits per heavy atom. The van der Waals surface area contributed by atoms with Crippen molar-refractivity contribution >= 4 is 11.9 Å². The van der Waals surface area contributed by atoms with Crippen LogP contribution in [0, 0.1) is 0 Å². The first-order chi connectivity index (χ1) is 12.7. The zero-order chi connectivity index (χ0) is 18.1. The smallest absolute Gasteiger partial charge is 0.241 e. The summed E-state index contributed by atoms with van der Waals surface area (Å²) < 4.78 is 7.27. The summed E-state index contributed by atoms with van der Waals surface area (Å²) in [6, 6.07) is 17.0. The number of nitrogen functional groups attached to an aromatic ring is 1. The highest BCUT2D eigenvalue weighted by Crippen LogP contribution is 2.38. The number of fused-ring (bicyclic) bond motifs is 1. The third-order valence-electron chi connectivity index (χ3n) is 4.97. The van der Waals surface area contributed by atoms with Crippen molar-refractivity contribution < 1.29 is 4.74 Å². The van der Waals surface area contributed by atoms with Crippen molar-refractivity contribution in [3.05, 3.63) is 65.2 Å². The minimum absolute atomic E-state index is 0.0816. The maximum absolute atomic E-state index is 5.87. The van der Waals surface area contributed by atoms with E-state index in [1.165, 1.54) is 11.1 Å². The lowest BCUT2D eigenvalue weighted by Crippen LogP contribution is -2.28. The Bertz CT molecular complexity index is 903. The highest BCUT2D eigenvalue weighted by molar-refractivity contribution is 5.43. The van der Waals surface area contributed by atoms with Gasteiger partial charge in [-0.1, -0.05) is 43.3 Å². The summed E-state index contributed by atoms with van der Waals surface area (Å²) in [5.74, 6) is 1.83. The molecule has 1 aliphatic heterocycles. The van der Waals surface area contributed by atoms with Crippen LogP contribution in [0.5, 0.6) is 5.75 Å². The average Bonchev–Trinajstić information content (AvgIpc) is 3.07. The maximum atomic E-state index is 5.87. The largest absolute Gasteiger partial charge is 0.497 e. The van der Waals surface area contributed by atoms with Gasteiger partial charge in [0.2, 0.25) is 11.9 Å². The van der Waals surface area contributed by atoms with Gasteiger partial charge in [-0.15, -0.1) is 5.10 Å². The summed E-state index contributed by atoms with van der Waals surface area (Å²) in [7, 11) is 1.68. The topological polar surface area (TPSA) is 78.0 Å². The standard InChI is InChI=1S/C20H23N5O/c1-3-13-7-9-14(10-8-13)18-12-17(15-5-4-6-16(11-15)26-2)22-20-23-19(21)24-25(18)20/h4-11,17-18H,3,12H2,1-2H3,(H3,21,22,23,24)/t17-,18+/m1/s1. The molecule has 6 heteroatoms. The Morgan fingerprint density at radius 2 is 2.00 bits per heavy atom. The minimum atomic E-state index is 0.0816. The van der Waals surface area contributed by atoms with E-state index < -0.39 is 0 Å². The number of nitrogens with two attached hydrogens (primary N) is 1. The van der Waals surface area contributed by atoms with Crippen molar-refractivity contribution in [3.63, 3.8) is 0 Å². The van der Waals surface area contributed by atoms with Crippen LogP contribution in [0.2, 0.25) is 0 Å². The normalized spacial score (nSPS) is 18.8. The second-order valence-corrected chi connectivity index (χ2v) is 6.56. The molecular weight excluding hydrogens is 326 g/mol. The van der Waals surface area contributed by atoms with Gasteiger partial charge in [-0.25, -0.2) is 4.68 Å². The summed E-state index contributed by atoms with van der Waals surface area (Å²) in [4.78, 5) is 4.37. The number of nitrogens with zero attached hydrogens (tertiary/aromatic N) is 3. The average molecular weight is 349 g/mol. The van der Waals surface area contributed by atoms with Gasteiger partial charge < -0.3 is 15.8 Å². The molecule has 0 unspecified atom stereocenters. The van der Waals surface area contributed by atoms with Crippen molar-refractivity contribution in [1.82, 2.24) is 14.8 Å². The van der Waals surface area contributed by atoms with E-state index >= 15 is 0 Å². The first-order valence-corrected chi connectivity index (χ1v) is 8.89. The molecule has 1 aliphatic rings. The number of aromatic nitrogens is 3. The van der Waals surface area contributed by atoms with Gasteiger partial charge in [-0.3, -0.25) is 0 Å². The Labute approximate surface area is 153 Å². The number of ether oxygens (including phenoxy) is 1. The lowest BCUT2D eigenvalue weighted by atomic mass is 9.92. The molecule has 1 aromatic heterocycles. The molecule has 4 rings (SSSR count). The number of nitrogens with one attached hydrogen (secondary N) is 1. The second kappa shape index (κ2) is 6.71. The molecule has 6 nitrogen and oxygen atoms in total. The van der Waals surface area contributed by atoms with Gasteiger partial charge in [0.15, 0.2) is 0 Å². The molecule has 0 amide bonds. The molecule has 0 spiro atoms. The molecule has 0 saturated carbocycles. The van der Waals surface area contributed by atoms with Crippen LogP contribution >= 0.6 is 0 Å². The van der Waals surface area contributed by atoms with Gasteiger partial charge in [0.25, 0.3) is 0 Å². The molecule has 134 valence electrons. The van der Waals surface area contributed by atoms with Gasteiger partial charge in [-0.05, 0) is 41.7 Å². The van der Waals surface area contributed by atoms with Crippen LogP contribution < -0.4 is 15.8 Å². The van der Waals surface area contributed by atoms with Crippen LogP contribution in [0.25, 0.3) is 0 Å². The van der Waals surface area contributed by atoms with E-state index in [2.05, 4.69) is 58.7 Å². The summed E-state index contributed by atoms with van der Waals surface area (Å²) in [6.07, 6.45) is 1.88. The van der Waals surface area contributed by atoms with Gasteiger partial charge in [0.1, 0.15) is 5.75 Å². The monoisotopic (exact) mass is 349 g/mol. The van der Waals surface area contributed by atoms with Crippen LogP contribution in [0.1, 0.15) is 42.1 Å². The minimum Gasteiger partial charge on any atom is -0.497 e. The molecule has 0 radical (unpaired) electrons. The maximum Gasteiger partial charge on any atom is 0.241 e. The number of methoxy groups -OCH3 is 1. The van der Waals surface area contributed by atoms with Crippen LogP contribution in [-0.2, 0) is 6.42 Å². The van der Waals surface area contributed by atoms with Gasteiger partial charge in [-0.2, -0.15) is 4.98 Å². The van der Waals surface area contributed by atoms with Gasteiger partial charge in [0, 0.05) is 0 Å². The van der Waals surface area contributed by atoms with Crippen LogP contribution in [-0.4, -0.2) is 21.9 Å². The molecule has 3 N–H and O–H groups in total. The van der Waals surface area contributed by atoms with Crippen molar-refractivity contribution in [2.75, 3.05) is 18.2 Å². The number of hydrogen-bond donors (Lipinski definition) is 2. The molecule has 0 fully saturated rings. The summed E-state index contributed by atoms with van der Waals surface area (Å²) in [6.45, 7) is 2.16. The molecule has 2 aromatic carbocycles. The highest BCUT2D eigenvalue weighted by Gasteiger charge is 2.31. The molecular formula is C20H23N5O. The van der Waals surface area contributed by atoms with Crippen molar-refractivity contribution in [1.29, 1.82) is 0 Å². The van der Waals surface area contributed by atoms with Crippen molar-refractivity contribution in [2.24, 2.45) is 0 Å². The number of rotatable bonds is 4. The molecule has 0 aliphatic carbocycles. The van der Waals surface area contributed by atoms with E-state index in [0.29, 0.717) is 5.95 Å². The lowest BCUT2D eigenvalue weighted by Gasteiger charge is -2.32. The van der Waals surface area contributed by atoms with E-state index in [4.69, 9.17) is 10.5 Å². The van der Waals surface area contributed by atoms with E-state index in [1.807, 2.05) is 16.8 Å². The number of hydrogen-bond acceptors (Lipinski definition) is 5.